The number of carbonyl (C=O) groups excluding carboxylic acids is 1. The average molecular weight is 215 g/mol. The van der Waals surface area contributed by atoms with Crippen molar-refractivity contribution in [3.05, 3.63) is 42.0 Å². The zero-order chi connectivity index (χ0) is 9.68. The normalized spacial score (nSPS) is 11.4. The van der Waals surface area contributed by atoms with Gasteiger partial charge >= 0.3 is 0 Å². The van der Waals surface area contributed by atoms with Gasteiger partial charge < -0.3 is 0 Å². The van der Waals surface area contributed by atoms with Crippen LogP contribution in [-0.2, 0) is 4.79 Å². The van der Waals surface area contributed by atoms with Crippen molar-refractivity contribution in [2.45, 2.75) is 0 Å². The predicted molar refractivity (Wildman–Crippen MR) is 56.0 cm³/mol. The molecule has 0 saturated carbocycles. The zero-order valence-electron chi connectivity index (χ0n) is 6.84. The van der Waals surface area contributed by atoms with Crippen LogP contribution in [0, 0.1) is 0 Å². The highest BCUT2D eigenvalue weighted by molar-refractivity contribution is 6.50. The standard InChI is InChI=1S/C10H8Cl2O/c11-7-9(13)6-10(12)8-4-2-1-3-5-8/h1-6H,7H2/b10-6-. The molecule has 0 heterocycles. The number of rotatable bonds is 3. The van der Waals surface area contributed by atoms with Crippen molar-refractivity contribution in [1.29, 1.82) is 0 Å². The first-order chi connectivity index (χ1) is 6.24. The lowest BCUT2D eigenvalue weighted by Gasteiger charge is -1.96. The van der Waals surface area contributed by atoms with E-state index in [0.717, 1.165) is 5.56 Å². The molecule has 0 radical (unpaired) electrons. The predicted octanol–water partition coefficient (Wildman–Crippen LogP) is 3.07. The number of hydrogen-bond acceptors (Lipinski definition) is 1. The van der Waals surface area contributed by atoms with Crippen molar-refractivity contribution in [1.82, 2.24) is 0 Å². The fourth-order valence-electron chi connectivity index (χ4n) is 0.861. The first-order valence-corrected chi connectivity index (χ1v) is 4.66. The smallest absolute Gasteiger partial charge is 0.171 e. The minimum Gasteiger partial charge on any atom is -0.293 e. The van der Waals surface area contributed by atoms with Crippen LogP contribution in [0.3, 0.4) is 0 Å². The van der Waals surface area contributed by atoms with Gasteiger partial charge in [0.15, 0.2) is 5.78 Å². The van der Waals surface area contributed by atoms with Gasteiger partial charge in [-0.3, -0.25) is 4.79 Å². The van der Waals surface area contributed by atoms with Crippen LogP contribution in [0.5, 0.6) is 0 Å². The number of hydrogen-bond donors (Lipinski definition) is 0. The molecular weight excluding hydrogens is 207 g/mol. The van der Waals surface area contributed by atoms with Crippen molar-refractivity contribution >= 4 is 34.0 Å². The molecule has 0 amide bonds. The van der Waals surface area contributed by atoms with Crippen LogP contribution in [0.25, 0.3) is 5.03 Å². The second-order valence-corrected chi connectivity index (χ2v) is 3.13. The summed E-state index contributed by atoms with van der Waals surface area (Å²) < 4.78 is 0. The molecule has 1 aromatic rings. The second-order valence-electron chi connectivity index (χ2n) is 2.46. The third-order valence-electron chi connectivity index (χ3n) is 1.47. The van der Waals surface area contributed by atoms with E-state index in [0.29, 0.717) is 5.03 Å². The van der Waals surface area contributed by atoms with Crippen molar-refractivity contribution in [3.63, 3.8) is 0 Å². The molecule has 0 aliphatic heterocycles. The van der Waals surface area contributed by atoms with Crippen molar-refractivity contribution in [2.24, 2.45) is 0 Å². The highest BCUT2D eigenvalue weighted by Gasteiger charge is 1.99. The molecule has 3 heteroatoms. The lowest BCUT2D eigenvalue weighted by Crippen LogP contribution is -1.93. The highest BCUT2D eigenvalue weighted by atomic mass is 35.5. The largest absolute Gasteiger partial charge is 0.293 e. The van der Waals surface area contributed by atoms with E-state index in [1.165, 1.54) is 6.08 Å². The van der Waals surface area contributed by atoms with Crippen molar-refractivity contribution in [2.75, 3.05) is 5.88 Å². The number of benzene rings is 1. The number of carbonyl (C=O) groups is 1. The summed E-state index contributed by atoms with van der Waals surface area (Å²) in [6.45, 7) is 0. The topological polar surface area (TPSA) is 17.1 Å². The maximum atomic E-state index is 10.9. The lowest BCUT2D eigenvalue weighted by molar-refractivity contribution is -0.112. The Kier molecular flexibility index (Phi) is 4.00. The van der Waals surface area contributed by atoms with Crippen LogP contribution in [0.1, 0.15) is 5.56 Å². The number of halogens is 2. The molecule has 0 unspecified atom stereocenters. The van der Waals surface area contributed by atoms with Gasteiger partial charge in [-0.25, -0.2) is 0 Å². The minimum absolute atomic E-state index is 0.0386. The maximum Gasteiger partial charge on any atom is 0.171 e. The first kappa shape index (κ1) is 10.3. The fraction of sp³-hybridized carbons (Fsp3) is 0.100. The van der Waals surface area contributed by atoms with E-state index in [1.54, 1.807) is 0 Å². The number of alkyl halides is 1. The molecule has 0 aromatic heterocycles. The van der Waals surface area contributed by atoms with Crippen LogP contribution in [0.15, 0.2) is 36.4 Å². The van der Waals surface area contributed by atoms with Gasteiger partial charge in [-0.1, -0.05) is 41.9 Å². The summed E-state index contributed by atoms with van der Waals surface area (Å²) in [6.07, 6.45) is 1.34. The highest BCUT2D eigenvalue weighted by Crippen LogP contribution is 2.17. The van der Waals surface area contributed by atoms with E-state index in [-0.39, 0.29) is 11.7 Å². The second kappa shape index (κ2) is 5.05. The molecule has 0 aliphatic carbocycles. The quantitative estimate of drug-likeness (QED) is 0.559. The Labute approximate surface area is 87.0 Å². The Morgan fingerprint density at radius 3 is 2.46 bits per heavy atom. The van der Waals surface area contributed by atoms with Crippen LogP contribution in [-0.4, -0.2) is 11.7 Å². The molecular formula is C10H8Cl2O. The monoisotopic (exact) mass is 214 g/mol. The summed E-state index contributed by atoms with van der Waals surface area (Å²) in [5.41, 5.74) is 0.822. The Bertz CT molecular complexity index is 317. The number of allylic oxidation sites excluding steroid dienone is 1. The van der Waals surface area contributed by atoms with Gasteiger partial charge in [-0.15, -0.1) is 11.6 Å². The summed E-state index contributed by atoms with van der Waals surface area (Å²) in [4.78, 5) is 10.9. The van der Waals surface area contributed by atoms with Gasteiger partial charge in [0.2, 0.25) is 0 Å². The average Bonchev–Trinajstić information content (AvgIpc) is 2.19. The molecule has 0 bridgehead atoms. The van der Waals surface area contributed by atoms with Crippen LogP contribution >= 0.6 is 23.2 Å². The van der Waals surface area contributed by atoms with Gasteiger partial charge in [0, 0.05) is 6.08 Å². The van der Waals surface area contributed by atoms with Gasteiger partial charge in [-0.05, 0) is 5.56 Å². The molecule has 0 spiro atoms. The van der Waals surface area contributed by atoms with Gasteiger partial charge in [0.1, 0.15) is 0 Å². The molecule has 0 saturated heterocycles. The third kappa shape index (κ3) is 3.21. The van der Waals surface area contributed by atoms with E-state index in [4.69, 9.17) is 23.2 Å². The molecule has 1 nitrogen and oxygen atoms in total. The Balaban J connectivity index is 2.85. The van der Waals surface area contributed by atoms with E-state index in [9.17, 15) is 4.79 Å². The summed E-state index contributed by atoms with van der Waals surface area (Å²) in [5, 5.41) is 0.422. The molecule has 1 rings (SSSR count). The Morgan fingerprint density at radius 2 is 1.92 bits per heavy atom. The first-order valence-electron chi connectivity index (χ1n) is 3.75. The molecule has 0 N–H and O–H groups in total. The fourth-order valence-corrected chi connectivity index (χ4v) is 1.19. The summed E-state index contributed by atoms with van der Waals surface area (Å²) in [5.74, 6) is -0.223. The summed E-state index contributed by atoms with van der Waals surface area (Å²) in [6, 6.07) is 9.27. The van der Waals surface area contributed by atoms with Crippen LogP contribution in [0.4, 0.5) is 0 Å². The van der Waals surface area contributed by atoms with E-state index in [1.807, 2.05) is 30.3 Å². The van der Waals surface area contributed by atoms with Gasteiger partial charge in [0.05, 0.1) is 10.9 Å². The van der Waals surface area contributed by atoms with E-state index >= 15 is 0 Å². The van der Waals surface area contributed by atoms with Gasteiger partial charge in [0.25, 0.3) is 0 Å². The van der Waals surface area contributed by atoms with E-state index < -0.39 is 0 Å². The SMILES string of the molecule is O=C(/C=C(\Cl)c1ccccc1)CCl. The molecule has 13 heavy (non-hydrogen) atoms. The van der Waals surface area contributed by atoms with Crippen LogP contribution < -0.4 is 0 Å². The molecule has 0 atom stereocenters. The molecule has 0 aliphatic rings. The molecule has 68 valence electrons. The Hall–Kier alpha value is -0.790. The third-order valence-corrected chi connectivity index (χ3v) is 2.06. The summed E-state index contributed by atoms with van der Waals surface area (Å²) >= 11 is 11.2. The summed E-state index contributed by atoms with van der Waals surface area (Å²) in [7, 11) is 0. The van der Waals surface area contributed by atoms with Crippen LogP contribution in [0.2, 0.25) is 0 Å². The molecule has 1 aromatic carbocycles. The van der Waals surface area contributed by atoms with Gasteiger partial charge in [-0.2, -0.15) is 0 Å². The molecule has 0 fully saturated rings. The van der Waals surface area contributed by atoms with Crippen molar-refractivity contribution in [3.8, 4) is 0 Å². The minimum atomic E-state index is -0.185. The van der Waals surface area contributed by atoms with E-state index in [2.05, 4.69) is 0 Å². The zero-order valence-corrected chi connectivity index (χ0v) is 8.35. The Morgan fingerprint density at radius 1 is 1.31 bits per heavy atom. The number of ketones is 1. The van der Waals surface area contributed by atoms with Crippen molar-refractivity contribution < 1.29 is 4.79 Å². The maximum absolute atomic E-state index is 10.9. The lowest BCUT2D eigenvalue weighted by atomic mass is 10.2.